The highest BCUT2D eigenvalue weighted by atomic mass is 79.9. The van der Waals surface area contributed by atoms with Crippen LogP contribution in [0.25, 0.3) is 5.65 Å². The van der Waals surface area contributed by atoms with Gasteiger partial charge in [-0.1, -0.05) is 6.07 Å². The number of rotatable bonds is 3. The van der Waals surface area contributed by atoms with Gasteiger partial charge in [-0.3, -0.25) is 9.20 Å². The molecule has 3 aromatic rings. The molecule has 0 spiro atoms. The van der Waals surface area contributed by atoms with Gasteiger partial charge < -0.3 is 0 Å². The lowest BCUT2D eigenvalue weighted by Crippen LogP contribution is -2.14. The number of nitrogens with zero attached hydrogens (tertiary/aromatic N) is 3. The molecule has 100 valence electrons. The molecule has 0 radical (unpaired) electrons. The summed E-state index contributed by atoms with van der Waals surface area (Å²) in [5.74, 6) is 0.620. The van der Waals surface area contributed by atoms with Crippen LogP contribution in [0.5, 0.6) is 0 Å². The molecule has 20 heavy (non-hydrogen) atoms. The Hall–Kier alpha value is -1.66. The second-order valence-electron chi connectivity index (χ2n) is 4.12. The maximum Gasteiger partial charge on any atom is 0.258 e. The molecule has 4 nitrogen and oxygen atoms in total. The van der Waals surface area contributed by atoms with Gasteiger partial charge in [0.2, 0.25) is 0 Å². The van der Waals surface area contributed by atoms with E-state index in [1.807, 2.05) is 30.3 Å². The third kappa shape index (κ3) is 2.91. The first-order valence-corrected chi connectivity index (χ1v) is 7.72. The number of hydrogen-bond donors (Lipinski definition) is 0. The normalized spacial score (nSPS) is 10.8. The van der Waals surface area contributed by atoms with Gasteiger partial charge >= 0.3 is 0 Å². The second kappa shape index (κ2) is 5.76. The van der Waals surface area contributed by atoms with E-state index >= 15 is 0 Å². The Morgan fingerprint density at radius 2 is 2.15 bits per heavy atom. The van der Waals surface area contributed by atoms with Crippen LogP contribution < -0.4 is 5.56 Å². The topological polar surface area (TPSA) is 47.3 Å². The van der Waals surface area contributed by atoms with E-state index in [4.69, 9.17) is 0 Å². The van der Waals surface area contributed by atoms with Crippen molar-refractivity contribution in [3.8, 4) is 0 Å². The number of pyridine rings is 2. The Morgan fingerprint density at radius 1 is 1.25 bits per heavy atom. The molecule has 3 heterocycles. The van der Waals surface area contributed by atoms with Gasteiger partial charge in [0.25, 0.3) is 5.56 Å². The predicted molar refractivity (Wildman–Crippen MR) is 83.0 cm³/mol. The molecule has 0 fully saturated rings. The number of halogens is 1. The summed E-state index contributed by atoms with van der Waals surface area (Å²) in [4.78, 5) is 20.7. The third-order valence-corrected chi connectivity index (χ3v) is 4.14. The van der Waals surface area contributed by atoms with Gasteiger partial charge in [0.05, 0.1) is 10.7 Å². The molecule has 0 aliphatic carbocycles. The van der Waals surface area contributed by atoms with Crippen LogP contribution in [-0.2, 0) is 5.75 Å². The van der Waals surface area contributed by atoms with E-state index in [1.54, 1.807) is 30.2 Å². The molecule has 0 aromatic carbocycles. The molecule has 0 amide bonds. The lowest BCUT2D eigenvalue weighted by atomic mass is 10.4. The third-order valence-electron chi connectivity index (χ3n) is 2.69. The first-order chi connectivity index (χ1) is 9.72. The van der Waals surface area contributed by atoms with Crippen molar-refractivity contribution in [2.24, 2.45) is 0 Å². The Morgan fingerprint density at radius 3 is 2.95 bits per heavy atom. The maximum atomic E-state index is 11.9. The maximum absolute atomic E-state index is 11.9. The lowest BCUT2D eigenvalue weighted by molar-refractivity contribution is 1.01. The SMILES string of the molecule is O=c1cc(CSc2ccc(Br)cn2)nc2ccccn12. The highest BCUT2D eigenvalue weighted by Crippen LogP contribution is 2.20. The van der Waals surface area contributed by atoms with Crippen LogP contribution in [0.1, 0.15) is 5.69 Å². The van der Waals surface area contributed by atoms with Crippen LogP contribution in [0.4, 0.5) is 0 Å². The fourth-order valence-corrected chi connectivity index (χ4v) is 2.74. The number of hydrogen-bond acceptors (Lipinski definition) is 4. The summed E-state index contributed by atoms with van der Waals surface area (Å²) in [6.07, 6.45) is 3.48. The van der Waals surface area contributed by atoms with Crippen LogP contribution >= 0.6 is 27.7 Å². The average Bonchev–Trinajstić information content (AvgIpc) is 2.47. The average molecular weight is 348 g/mol. The zero-order valence-corrected chi connectivity index (χ0v) is 12.8. The Kier molecular flexibility index (Phi) is 3.84. The van der Waals surface area contributed by atoms with E-state index in [0.717, 1.165) is 15.2 Å². The summed E-state index contributed by atoms with van der Waals surface area (Å²) in [5, 5.41) is 0.906. The molecule has 0 saturated heterocycles. The van der Waals surface area contributed by atoms with Crippen molar-refractivity contribution < 1.29 is 0 Å². The fraction of sp³-hybridized carbons (Fsp3) is 0.0714. The second-order valence-corrected chi connectivity index (χ2v) is 6.03. The molecule has 0 N–H and O–H groups in total. The van der Waals surface area contributed by atoms with Crippen molar-refractivity contribution in [2.45, 2.75) is 10.8 Å². The van der Waals surface area contributed by atoms with E-state index in [9.17, 15) is 4.79 Å². The number of thioether (sulfide) groups is 1. The zero-order valence-electron chi connectivity index (χ0n) is 10.4. The molecule has 6 heteroatoms. The van der Waals surface area contributed by atoms with Gasteiger partial charge in [-0.25, -0.2) is 9.97 Å². The summed E-state index contributed by atoms with van der Waals surface area (Å²) >= 11 is 4.91. The molecule has 0 aliphatic rings. The van der Waals surface area contributed by atoms with Crippen molar-refractivity contribution in [3.63, 3.8) is 0 Å². The van der Waals surface area contributed by atoms with Crippen LogP contribution in [0, 0.1) is 0 Å². The molecule has 3 rings (SSSR count). The van der Waals surface area contributed by atoms with Crippen molar-refractivity contribution in [1.82, 2.24) is 14.4 Å². The van der Waals surface area contributed by atoms with Gasteiger partial charge in [0.15, 0.2) is 0 Å². The number of fused-ring (bicyclic) bond motifs is 1. The van der Waals surface area contributed by atoms with E-state index in [1.165, 1.54) is 4.40 Å². The van der Waals surface area contributed by atoms with Crippen LogP contribution in [0.3, 0.4) is 0 Å². The van der Waals surface area contributed by atoms with Crippen molar-refractivity contribution in [3.05, 3.63) is 69.3 Å². The zero-order chi connectivity index (χ0) is 13.9. The monoisotopic (exact) mass is 347 g/mol. The van der Waals surface area contributed by atoms with Gasteiger partial charge in [-0.15, -0.1) is 11.8 Å². The number of aromatic nitrogens is 3. The van der Waals surface area contributed by atoms with Gasteiger partial charge in [-0.2, -0.15) is 0 Å². The van der Waals surface area contributed by atoms with Crippen molar-refractivity contribution in [2.75, 3.05) is 0 Å². The van der Waals surface area contributed by atoms with E-state index < -0.39 is 0 Å². The summed E-state index contributed by atoms with van der Waals surface area (Å²) < 4.78 is 2.48. The molecule has 3 aromatic heterocycles. The minimum Gasteiger partial charge on any atom is -0.269 e. The molecule has 0 unspecified atom stereocenters. The van der Waals surface area contributed by atoms with Crippen molar-refractivity contribution >= 4 is 33.3 Å². The molecule has 0 bridgehead atoms. The summed E-state index contributed by atoms with van der Waals surface area (Å²) in [6, 6.07) is 11.0. The van der Waals surface area contributed by atoms with Crippen LogP contribution in [-0.4, -0.2) is 14.4 Å². The van der Waals surface area contributed by atoms with Crippen LogP contribution in [0.15, 0.2) is 63.1 Å². The van der Waals surface area contributed by atoms with Crippen molar-refractivity contribution in [1.29, 1.82) is 0 Å². The Labute approximate surface area is 128 Å². The van der Waals surface area contributed by atoms with Gasteiger partial charge in [0.1, 0.15) is 5.65 Å². The fourth-order valence-electron chi connectivity index (χ4n) is 1.77. The quantitative estimate of drug-likeness (QED) is 0.683. The first kappa shape index (κ1) is 13.3. The smallest absolute Gasteiger partial charge is 0.258 e. The van der Waals surface area contributed by atoms with Crippen LogP contribution in [0.2, 0.25) is 0 Å². The lowest BCUT2D eigenvalue weighted by Gasteiger charge is -2.03. The largest absolute Gasteiger partial charge is 0.269 e. The van der Waals surface area contributed by atoms with Gasteiger partial charge in [-0.05, 0) is 40.2 Å². The summed E-state index contributed by atoms with van der Waals surface area (Å²) in [6.45, 7) is 0. The highest BCUT2D eigenvalue weighted by molar-refractivity contribution is 9.10. The standard InChI is InChI=1S/C14H10BrN3OS/c15-10-4-5-13(16-8-10)20-9-11-7-14(19)18-6-2-1-3-12(18)17-11/h1-8H,9H2. The van der Waals surface area contributed by atoms with Gasteiger partial charge in [0, 0.05) is 28.7 Å². The molecular weight excluding hydrogens is 338 g/mol. The Bertz CT molecular complexity index is 801. The molecular formula is C14H10BrN3OS. The predicted octanol–water partition coefficient (Wildman–Crippen LogP) is 3.14. The summed E-state index contributed by atoms with van der Waals surface area (Å²) in [7, 11) is 0. The van der Waals surface area contributed by atoms with E-state index in [2.05, 4.69) is 25.9 Å². The highest BCUT2D eigenvalue weighted by Gasteiger charge is 2.03. The first-order valence-electron chi connectivity index (χ1n) is 5.94. The minimum atomic E-state index is -0.0602. The summed E-state index contributed by atoms with van der Waals surface area (Å²) in [5.41, 5.74) is 1.37. The molecule has 0 saturated carbocycles. The van der Waals surface area contributed by atoms with E-state index in [0.29, 0.717) is 11.4 Å². The molecule has 0 atom stereocenters. The minimum absolute atomic E-state index is 0.0602. The Balaban J connectivity index is 1.84. The molecule has 0 aliphatic heterocycles. The van der Waals surface area contributed by atoms with E-state index in [-0.39, 0.29) is 5.56 Å².